The number of nitrogens with zero attached hydrogens (tertiary/aromatic N) is 2. The number of hydrogen-bond acceptors (Lipinski definition) is 5. The lowest BCUT2D eigenvalue weighted by atomic mass is 10.1. The second-order valence-corrected chi connectivity index (χ2v) is 7.02. The summed E-state index contributed by atoms with van der Waals surface area (Å²) in [5.74, 6) is -0.599. The first kappa shape index (κ1) is 17.2. The summed E-state index contributed by atoms with van der Waals surface area (Å²) in [4.78, 5) is 37.1. The third kappa shape index (κ3) is 3.44. The Bertz CT molecular complexity index is 680. The van der Waals surface area contributed by atoms with E-state index in [1.54, 1.807) is 0 Å². The van der Waals surface area contributed by atoms with Crippen molar-refractivity contribution in [3.63, 3.8) is 0 Å². The average Bonchev–Trinajstić information content (AvgIpc) is 2.72. The molecule has 0 atom stereocenters. The van der Waals surface area contributed by atoms with Crippen molar-refractivity contribution >= 4 is 34.8 Å². The molecular formula is C16H18N2O4S. The Balaban J connectivity index is 2.48. The summed E-state index contributed by atoms with van der Waals surface area (Å²) in [7, 11) is 0. The van der Waals surface area contributed by atoms with Crippen molar-refractivity contribution in [3.8, 4) is 0 Å². The summed E-state index contributed by atoms with van der Waals surface area (Å²) in [6, 6.07) is 5.74. The number of amides is 2. The normalized spacial score (nSPS) is 15.0. The highest BCUT2D eigenvalue weighted by atomic mass is 32.2. The number of carbonyl (C=O) groups is 2. The number of thioether (sulfide) groups is 1. The number of non-ortho nitro benzene ring substituents is 1. The van der Waals surface area contributed by atoms with Gasteiger partial charge in [0.1, 0.15) is 0 Å². The molecule has 6 nitrogen and oxygen atoms in total. The average molecular weight is 334 g/mol. The lowest BCUT2D eigenvalue weighted by Gasteiger charge is -2.13. The van der Waals surface area contributed by atoms with Gasteiger partial charge in [-0.2, -0.15) is 0 Å². The molecule has 0 bridgehead atoms. The quantitative estimate of drug-likeness (QED) is 0.453. The molecule has 0 unspecified atom stereocenters. The van der Waals surface area contributed by atoms with Crippen molar-refractivity contribution in [3.05, 3.63) is 44.8 Å². The number of benzene rings is 1. The van der Waals surface area contributed by atoms with E-state index in [4.69, 9.17) is 0 Å². The predicted octanol–water partition coefficient (Wildman–Crippen LogP) is 3.23. The third-order valence-corrected chi connectivity index (χ3v) is 4.38. The molecule has 1 aromatic rings. The number of carbonyl (C=O) groups excluding carboxylic acids is 2. The molecule has 1 aliphatic rings. The summed E-state index contributed by atoms with van der Waals surface area (Å²) in [6.07, 6.45) is 0.685. The van der Waals surface area contributed by atoms with Crippen LogP contribution in [0.5, 0.6) is 0 Å². The van der Waals surface area contributed by atoms with Crippen molar-refractivity contribution in [1.29, 1.82) is 0 Å². The van der Waals surface area contributed by atoms with Crippen LogP contribution in [0.25, 0.3) is 5.57 Å². The Morgan fingerprint density at radius 1 is 1.17 bits per heavy atom. The van der Waals surface area contributed by atoms with Gasteiger partial charge < -0.3 is 0 Å². The van der Waals surface area contributed by atoms with E-state index < -0.39 is 4.92 Å². The maximum atomic E-state index is 12.6. The molecule has 2 rings (SSSR count). The van der Waals surface area contributed by atoms with Crippen LogP contribution in [0.3, 0.4) is 0 Å². The van der Waals surface area contributed by atoms with Crippen LogP contribution < -0.4 is 0 Å². The van der Waals surface area contributed by atoms with Gasteiger partial charge in [-0.05, 0) is 24.1 Å². The van der Waals surface area contributed by atoms with E-state index in [-0.39, 0.29) is 22.8 Å². The monoisotopic (exact) mass is 334 g/mol. The first-order chi connectivity index (χ1) is 10.9. The molecule has 0 saturated carbocycles. The van der Waals surface area contributed by atoms with E-state index in [1.165, 1.54) is 40.9 Å². The number of imide groups is 1. The molecule has 0 spiro atoms. The number of nitro groups is 1. The Labute approximate surface area is 138 Å². The van der Waals surface area contributed by atoms with Crippen LogP contribution in [0.2, 0.25) is 0 Å². The smallest absolute Gasteiger partial charge is 0.269 e. The van der Waals surface area contributed by atoms with E-state index in [9.17, 15) is 19.7 Å². The molecule has 23 heavy (non-hydrogen) atoms. The minimum absolute atomic E-state index is 0.0467. The Morgan fingerprint density at radius 2 is 1.78 bits per heavy atom. The summed E-state index contributed by atoms with van der Waals surface area (Å²) < 4.78 is 0. The van der Waals surface area contributed by atoms with Gasteiger partial charge in [0.2, 0.25) is 0 Å². The van der Waals surface area contributed by atoms with E-state index in [2.05, 4.69) is 0 Å². The summed E-state index contributed by atoms with van der Waals surface area (Å²) >= 11 is 1.35. The second-order valence-electron chi connectivity index (χ2n) is 5.44. The molecule has 122 valence electrons. The van der Waals surface area contributed by atoms with Gasteiger partial charge in [0.05, 0.1) is 15.4 Å². The molecule has 1 aliphatic heterocycles. The number of nitro benzene ring substituents is 1. The minimum atomic E-state index is -0.493. The first-order valence-electron chi connectivity index (χ1n) is 7.38. The van der Waals surface area contributed by atoms with Crippen LogP contribution in [-0.4, -0.2) is 33.4 Å². The fourth-order valence-corrected chi connectivity index (χ4v) is 3.34. The molecular weight excluding hydrogens is 316 g/mol. The fourth-order valence-electron chi connectivity index (χ4n) is 2.33. The van der Waals surface area contributed by atoms with Gasteiger partial charge >= 0.3 is 0 Å². The first-order valence-corrected chi connectivity index (χ1v) is 8.26. The summed E-state index contributed by atoms with van der Waals surface area (Å²) in [6.45, 7) is 6.17. The Hall–Kier alpha value is -2.15. The highest BCUT2D eigenvalue weighted by molar-refractivity contribution is 8.04. The second kappa shape index (κ2) is 6.95. The van der Waals surface area contributed by atoms with E-state index in [0.29, 0.717) is 29.0 Å². The molecule has 1 heterocycles. The Kier molecular flexibility index (Phi) is 5.20. The van der Waals surface area contributed by atoms with Crippen molar-refractivity contribution in [2.24, 2.45) is 0 Å². The number of rotatable bonds is 6. The fraction of sp³-hybridized carbons (Fsp3) is 0.375. The molecule has 0 radical (unpaired) electrons. The molecule has 1 aromatic carbocycles. The van der Waals surface area contributed by atoms with Crippen LogP contribution >= 0.6 is 11.8 Å². The molecule has 0 N–H and O–H groups in total. The van der Waals surface area contributed by atoms with Crippen molar-refractivity contribution < 1.29 is 14.5 Å². The zero-order valence-corrected chi connectivity index (χ0v) is 14.1. The highest BCUT2D eigenvalue weighted by Gasteiger charge is 2.39. The van der Waals surface area contributed by atoms with Crippen molar-refractivity contribution in [2.45, 2.75) is 32.4 Å². The van der Waals surface area contributed by atoms with Crippen molar-refractivity contribution in [2.75, 3.05) is 6.54 Å². The summed E-state index contributed by atoms with van der Waals surface area (Å²) in [5.41, 5.74) is 0.836. The lowest BCUT2D eigenvalue weighted by molar-refractivity contribution is -0.384. The Morgan fingerprint density at radius 3 is 2.26 bits per heavy atom. The van der Waals surface area contributed by atoms with Gasteiger partial charge in [-0.3, -0.25) is 24.6 Å². The largest absolute Gasteiger partial charge is 0.274 e. The predicted molar refractivity (Wildman–Crippen MR) is 89.8 cm³/mol. The van der Waals surface area contributed by atoms with E-state index >= 15 is 0 Å². The van der Waals surface area contributed by atoms with Crippen LogP contribution in [0.1, 0.15) is 32.8 Å². The molecule has 0 fully saturated rings. The zero-order valence-electron chi connectivity index (χ0n) is 13.2. The van der Waals surface area contributed by atoms with Gasteiger partial charge in [-0.15, -0.1) is 11.8 Å². The van der Waals surface area contributed by atoms with Gasteiger partial charge in [-0.1, -0.05) is 20.8 Å². The molecule has 2 amide bonds. The lowest BCUT2D eigenvalue weighted by Crippen LogP contribution is -2.32. The van der Waals surface area contributed by atoms with Crippen LogP contribution in [0.4, 0.5) is 5.69 Å². The SMILES string of the molecule is CCCN1C(=O)C(SC(C)C)=C(c2ccc([N+](=O)[O-])cc2)C1=O. The molecule has 0 saturated heterocycles. The van der Waals surface area contributed by atoms with Crippen molar-refractivity contribution in [1.82, 2.24) is 4.90 Å². The molecule has 0 aliphatic carbocycles. The zero-order chi connectivity index (χ0) is 17.1. The number of hydrogen-bond donors (Lipinski definition) is 0. The van der Waals surface area contributed by atoms with Crippen LogP contribution in [-0.2, 0) is 9.59 Å². The molecule has 7 heteroatoms. The van der Waals surface area contributed by atoms with E-state index in [1.807, 2.05) is 20.8 Å². The van der Waals surface area contributed by atoms with Gasteiger partial charge in [0, 0.05) is 23.9 Å². The maximum absolute atomic E-state index is 12.6. The standard InChI is InChI=1S/C16H18N2O4S/c1-4-9-17-15(19)13(14(16(17)20)23-10(2)3)11-5-7-12(8-6-11)18(21)22/h5-8,10H,4,9H2,1-3H3. The van der Waals surface area contributed by atoms with Crippen LogP contribution in [0.15, 0.2) is 29.2 Å². The maximum Gasteiger partial charge on any atom is 0.269 e. The van der Waals surface area contributed by atoms with Gasteiger partial charge in [0.15, 0.2) is 0 Å². The highest BCUT2D eigenvalue weighted by Crippen LogP contribution is 2.38. The summed E-state index contributed by atoms with van der Waals surface area (Å²) in [5, 5.41) is 10.9. The minimum Gasteiger partial charge on any atom is -0.274 e. The van der Waals surface area contributed by atoms with Gasteiger partial charge in [0.25, 0.3) is 17.5 Å². The topological polar surface area (TPSA) is 80.5 Å². The van der Waals surface area contributed by atoms with E-state index in [0.717, 1.165) is 0 Å². The molecule has 0 aromatic heterocycles. The third-order valence-electron chi connectivity index (χ3n) is 3.29. The van der Waals surface area contributed by atoms with Crippen LogP contribution in [0, 0.1) is 10.1 Å². The van der Waals surface area contributed by atoms with Gasteiger partial charge in [-0.25, -0.2) is 0 Å².